The Bertz CT molecular complexity index is 833. The Labute approximate surface area is 183 Å². The van der Waals surface area contributed by atoms with Crippen LogP contribution in [0.1, 0.15) is 12.8 Å². The molecule has 0 bridgehead atoms. The summed E-state index contributed by atoms with van der Waals surface area (Å²) in [5.74, 6) is -57.9. The molecule has 0 aromatic heterocycles. The van der Waals surface area contributed by atoms with E-state index in [9.17, 15) is 83.1 Å². The maximum atomic E-state index is 13.5. The van der Waals surface area contributed by atoms with Gasteiger partial charge in [0.15, 0.2) is 0 Å². The zero-order valence-corrected chi connectivity index (χ0v) is 16.9. The molecule has 0 aromatic carbocycles. The Hall–Kier alpha value is -1.32. The van der Waals surface area contributed by atoms with Gasteiger partial charge < -0.3 is 4.74 Å². The normalized spacial score (nSPS) is 16.1. The molecule has 0 saturated heterocycles. The molecule has 212 valence electrons. The van der Waals surface area contributed by atoms with Crippen LogP contribution in [0.25, 0.3) is 0 Å². The van der Waals surface area contributed by atoms with Crippen molar-refractivity contribution in [3.63, 3.8) is 0 Å². The molecule has 0 aliphatic heterocycles. The largest absolute Gasteiger partial charge is 0.460 e. The zero-order valence-electron chi connectivity index (χ0n) is 16.0. The molecular weight excluding hydrogens is 575 g/mol. The second kappa shape index (κ2) is 9.53. The summed E-state index contributed by atoms with van der Waals surface area (Å²) in [6.45, 7) is -2.82. The first-order valence-electron chi connectivity index (χ1n) is 8.20. The summed E-state index contributed by atoms with van der Waals surface area (Å²) in [6.07, 6.45) is -11.3. The number of halogens is 17. The first-order valence-corrected chi connectivity index (χ1v) is 9.81. The standard InChI is InChI=1S/C13H11F17O4S/c14-6(15,2-4-34-3-1-5-35(31,32)33)7(16,17)8(18,19)9(20,21)10(22,23)11(24,25)12(26,27)13(28,29)30/h1-5H2,(H,31,32,33). The molecule has 0 amide bonds. The van der Waals surface area contributed by atoms with E-state index in [1.54, 1.807) is 0 Å². The molecular formula is C13H11F17O4S. The Balaban J connectivity index is 6.00. The first-order chi connectivity index (χ1) is 15.0. The molecule has 35 heavy (non-hydrogen) atoms. The third kappa shape index (κ3) is 5.82. The summed E-state index contributed by atoms with van der Waals surface area (Å²) in [5.41, 5.74) is 0. The van der Waals surface area contributed by atoms with Gasteiger partial charge in [-0.2, -0.15) is 83.1 Å². The Morgan fingerprint density at radius 3 is 1.23 bits per heavy atom. The maximum Gasteiger partial charge on any atom is 0.460 e. The predicted molar refractivity (Wildman–Crippen MR) is 77.2 cm³/mol. The van der Waals surface area contributed by atoms with Crippen molar-refractivity contribution in [2.45, 2.75) is 60.5 Å². The summed E-state index contributed by atoms with van der Waals surface area (Å²) in [6, 6.07) is 0. The summed E-state index contributed by atoms with van der Waals surface area (Å²) >= 11 is 0. The van der Waals surface area contributed by atoms with Crippen LogP contribution >= 0.6 is 0 Å². The predicted octanol–water partition coefficient (Wildman–Crippen LogP) is 5.68. The monoisotopic (exact) mass is 586 g/mol. The van der Waals surface area contributed by atoms with Crippen molar-refractivity contribution in [3.05, 3.63) is 0 Å². The van der Waals surface area contributed by atoms with Crippen LogP contribution in [0.2, 0.25) is 0 Å². The van der Waals surface area contributed by atoms with E-state index in [2.05, 4.69) is 4.74 Å². The fourth-order valence-corrected chi connectivity index (χ4v) is 2.48. The van der Waals surface area contributed by atoms with Gasteiger partial charge in [-0.3, -0.25) is 4.55 Å². The second-order valence-corrected chi connectivity index (χ2v) is 8.22. The van der Waals surface area contributed by atoms with Crippen LogP contribution in [-0.4, -0.2) is 79.6 Å². The molecule has 0 aromatic rings. The SMILES string of the molecule is O=S(=O)(O)CCCOCCC(F)(F)C(F)(F)C(F)(F)C(F)(F)C(F)(F)C(F)(F)C(F)(F)C(F)(F)F. The van der Waals surface area contributed by atoms with Gasteiger partial charge in [-0.15, -0.1) is 0 Å². The molecule has 0 saturated carbocycles. The highest BCUT2D eigenvalue weighted by atomic mass is 32.2. The van der Waals surface area contributed by atoms with Crippen LogP contribution in [0.4, 0.5) is 74.6 Å². The number of hydrogen-bond acceptors (Lipinski definition) is 3. The minimum absolute atomic E-state index is 0.732. The lowest BCUT2D eigenvalue weighted by molar-refractivity contribution is -0.462. The number of alkyl halides is 17. The second-order valence-electron chi connectivity index (χ2n) is 6.65. The third-order valence-corrected chi connectivity index (χ3v) is 4.84. The van der Waals surface area contributed by atoms with Gasteiger partial charge in [0.2, 0.25) is 0 Å². The lowest BCUT2D eigenvalue weighted by Crippen LogP contribution is -2.74. The molecule has 1 N–H and O–H groups in total. The van der Waals surface area contributed by atoms with Crippen molar-refractivity contribution >= 4 is 10.1 Å². The molecule has 0 unspecified atom stereocenters. The third-order valence-electron chi connectivity index (χ3n) is 4.04. The summed E-state index contributed by atoms with van der Waals surface area (Å²) in [7, 11) is -4.63. The van der Waals surface area contributed by atoms with Crippen LogP contribution in [0, 0.1) is 0 Å². The maximum absolute atomic E-state index is 13.5. The van der Waals surface area contributed by atoms with Gasteiger partial charge in [0, 0.05) is 13.0 Å². The van der Waals surface area contributed by atoms with Gasteiger partial charge in [-0.25, -0.2) is 0 Å². The van der Waals surface area contributed by atoms with Gasteiger partial charge in [0.25, 0.3) is 10.1 Å². The molecule has 0 aliphatic rings. The van der Waals surface area contributed by atoms with E-state index >= 15 is 0 Å². The van der Waals surface area contributed by atoms with Gasteiger partial charge in [-0.05, 0) is 6.42 Å². The first kappa shape index (κ1) is 33.7. The summed E-state index contributed by atoms with van der Waals surface area (Å²) in [5, 5.41) is 0. The highest BCUT2D eigenvalue weighted by molar-refractivity contribution is 7.85. The lowest BCUT2D eigenvalue weighted by atomic mass is 9.88. The van der Waals surface area contributed by atoms with Gasteiger partial charge in [-0.1, -0.05) is 0 Å². The van der Waals surface area contributed by atoms with Crippen molar-refractivity contribution in [1.29, 1.82) is 0 Å². The van der Waals surface area contributed by atoms with Crippen molar-refractivity contribution in [2.24, 2.45) is 0 Å². The summed E-state index contributed by atoms with van der Waals surface area (Å²) < 4.78 is 255. The van der Waals surface area contributed by atoms with Gasteiger partial charge in [0.1, 0.15) is 0 Å². The van der Waals surface area contributed by atoms with Crippen molar-refractivity contribution in [3.8, 4) is 0 Å². The molecule has 4 nitrogen and oxygen atoms in total. The van der Waals surface area contributed by atoms with E-state index in [-0.39, 0.29) is 0 Å². The number of ether oxygens (including phenoxy) is 1. The van der Waals surface area contributed by atoms with Gasteiger partial charge in [0.05, 0.1) is 12.4 Å². The molecule has 0 radical (unpaired) electrons. The Kier molecular flexibility index (Phi) is 9.17. The van der Waals surface area contributed by atoms with E-state index in [0.29, 0.717) is 0 Å². The fourth-order valence-electron chi connectivity index (χ4n) is 2.00. The fraction of sp³-hybridized carbons (Fsp3) is 1.00. The van der Waals surface area contributed by atoms with Crippen LogP contribution in [0.3, 0.4) is 0 Å². The molecule has 0 atom stereocenters. The Morgan fingerprint density at radius 2 is 0.886 bits per heavy atom. The minimum atomic E-state index is -8.69. The molecule has 0 spiro atoms. The zero-order chi connectivity index (χ0) is 28.7. The molecule has 22 heteroatoms. The smallest absolute Gasteiger partial charge is 0.381 e. The van der Waals surface area contributed by atoms with Gasteiger partial charge >= 0.3 is 47.6 Å². The van der Waals surface area contributed by atoms with Crippen molar-refractivity contribution in [2.75, 3.05) is 19.0 Å². The minimum Gasteiger partial charge on any atom is -0.381 e. The molecule has 0 fully saturated rings. The van der Waals surface area contributed by atoms with E-state index in [1.807, 2.05) is 0 Å². The van der Waals surface area contributed by atoms with Crippen LogP contribution in [-0.2, 0) is 14.9 Å². The highest BCUT2D eigenvalue weighted by Crippen LogP contribution is 2.64. The lowest BCUT2D eigenvalue weighted by Gasteiger charge is -2.42. The van der Waals surface area contributed by atoms with E-state index in [1.165, 1.54) is 0 Å². The van der Waals surface area contributed by atoms with E-state index in [0.717, 1.165) is 0 Å². The van der Waals surface area contributed by atoms with Crippen molar-refractivity contribution < 1.29 is 92.3 Å². The molecule has 0 rings (SSSR count). The van der Waals surface area contributed by atoms with Crippen LogP contribution in [0.5, 0.6) is 0 Å². The Morgan fingerprint density at radius 1 is 0.543 bits per heavy atom. The van der Waals surface area contributed by atoms with Crippen molar-refractivity contribution in [1.82, 2.24) is 0 Å². The quantitative estimate of drug-likeness (QED) is 0.172. The summed E-state index contributed by atoms with van der Waals surface area (Å²) in [4.78, 5) is 0. The average Bonchev–Trinajstić information content (AvgIpc) is 2.61. The highest BCUT2D eigenvalue weighted by Gasteiger charge is 2.95. The van der Waals surface area contributed by atoms with E-state index in [4.69, 9.17) is 4.55 Å². The van der Waals surface area contributed by atoms with Crippen LogP contribution in [0.15, 0.2) is 0 Å². The topological polar surface area (TPSA) is 63.6 Å². The number of hydrogen-bond donors (Lipinski definition) is 1. The number of rotatable bonds is 13. The van der Waals surface area contributed by atoms with E-state index < -0.39 is 89.6 Å². The van der Waals surface area contributed by atoms with Crippen LogP contribution < -0.4 is 0 Å². The average molecular weight is 586 g/mol. The molecule has 0 aliphatic carbocycles. The molecule has 0 heterocycles.